The zero-order valence-corrected chi connectivity index (χ0v) is 10.4. The molecule has 1 saturated carbocycles. The van der Waals surface area contributed by atoms with Crippen molar-refractivity contribution < 1.29 is 14.3 Å². The molecule has 3 nitrogen and oxygen atoms in total. The molecule has 0 saturated heterocycles. The lowest BCUT2D eigenvalue weighted by Gasteiger charge is -2.26. The van der Waals surface area contributed by atoms with E-state index in [1.54, 1.807) is 25.1 Å². The van der Waals surface area contributed by atoms with Crippen LogP contribution >= 0.6 is 0 Å². The molecule has 1 unspecified atom stereocenters. The maximum absolute atomic E-state index is 13.6. The molecule has 0 amide bonds. The number of carboxylic acids is 1. The molecular formula is C14H18FNO2. The topological polar surface area (TPSA) is 49.3 Å². The molecule has 98 valence electrons. The predicted octanol–water partition coefficient (Wildman–Crippen LogP) is 2.21. The van der Waals surface area contributed by atoms with Crippen molar-refractivity contribution >= 4 is 5.97 Å². The third kappa shape index (κ3) is 3.07. The summed E-state index contributed by atoms with van der Waals surface area (Å²) in [6.45, 7) is 2.31. The predicted molar refractivity (Wildman–Crippen MR) is 66.9 cm³/mol. The van der Waals surface area contributed by atoms with Crippen LogP contribution in [0.4, 0.5) is 4.39 Å². The van der Waals surface area contributed by atoms with E-state index in [4.69, 9.17) is 0 Å². The fraction of sp³-hybridized carbons (Fsp3) is 0.500. The van der Waals surface area contributed by atoms with E-state index in [2.05, 4.69) is 5.32 Å². The first-order valence-corrected chi connectivity index (χ1v) is 6.23. The SMILES string of the molecule is CC(Cc1ccccc1F)(NCC1CC1)C(=O)O. The van der Waals surface area contributed by atoms with Crippen LogP contribution in [0.3, 0.4) is 0 Å². The van der Waals surface area contributed by atoms with Gasteiger partial charge in [-0.3, -0.25) is 4.79 Å². The zero-order valence-electron chi connectivity index (χ0n) is 10.4. The second-order valence-electron chi connectivity index (χ2n) is 5.23. The van der Waals surface area contributed by atoms with Crippen LogP contribution < -0.4 is 5.32 Å². The van der Waals surface area contributed by atoms with Crippen molar-refractivity contribution in [3.63, 3.8) is 0 Å². The second-order valence-corrected chi connectivity index (χ2v) is 5.23. The van der Waals surface area contributed by atoms with Crippen molar-refractivity contribution in [3.8, 4) is 0 Å². The molecule has 2 rings (SSSR count). The minimum absolute atomic E-state index is 0.154. The van der Waals surface area contributed by atoms with E-state index in [9.17, 15) is 14.3 Å². The van der Waals surface area contributed by atoms with Gasteiger partial charge in [0.25, 0.3) is 0 Å². The molecular weight excluding hydrogens is 233 g/mol. The fourth-order valence-electron chi connectivity index (χ4n) is 1.93. The van der Waals surface area contributed by atoms with Gasteiger partial charge in [-0.05, 0) is 43.9 Å². The number of rotatable bonds is 6. The van der Waals surface area contributed by atoms with Crippen molar-refractivity contribution in [2.75, 3.05) is 6.54 Å². The van der Waals surface area contributed by atoms with E-state index < -0.39 is 11.5 Å². The van der Waals surface area contributed by atoms with Gasteiger partial charge in [0.1, 0.15) is 11.4 Å². The van der Waals surface area contributed by atoms with Gasteiger partial charge >= 0.3 is 5.97 Å². The van der Waals surface area contributed by atoms with E-state index in [1.807, 2.05) is 0 Å². The Morgan fingerprint density at radius 1 is 1.50 bits per heavy atom. The van der Waals surface area contributed by atoms with Gasteiger partial charge in [0.2, 0.25) is 0 Å². The summed E-state index contributed by atoms with van der Waals surface area (Å²) < 4.78 is 13.6. The first-order valence-electron chi connectivity index (χ1n) is 6.23. The minimum atomic E-state index is -1.11. The summed E-state index contributed by atoms with van der Waals surface area (Å²) in [7, 11) is 0. The third-order valence-electron chi connectivity index (χ3n) is 3.45. The molecule has 1 aliphatic carbocycles. The lowest BCUT2D eigenvalue weighted by molar-refractivity contribution is -0.144. The van der Waals surface area contributed by atoms with E-state index in [1.165, 1.54) is 6.07 Å². The van der Waals surface area contributed by atoms with Crippen molar-refractivity contribution in [3.05, 3.63) is 35.6 Å². The fourth-order valence-corrected chi connectivity index (χ4v) is 1.93. The maximum atomic E-state index is 13.6. The highest BCUT2D eigenvalue weighted by atomic mass is 19.1. The number of halogens is 1. The summed E-state index contributed by atoms with van der Waals surface area (Å²) >= 11 is 0. The van der Waals surface area contributed by atoms with Gasteiger partial charge < -0.3 is 10.4 Å². The first kappa shape index (κ1) is 13.0. The molecule has 2 N–H and O–H groups in total. The van der Waals surface area contributed by atoms with Gasteiger partial charge in [-0.25, -0.2) is 4.39 Å². The van der Waals surface area contributed by atoms with Crippen LogP contribution in [0.1, 0.15) is 25.3 Å². The largest absolute Gasteiger partial charge is 0.480 e. The normalized spacial score (nSPS) is 18.3. The Morgan fingerprint density at radius 3 is 2.72 bits per heavy atom. The molecule has 0 heterocycles. The molecule has 1 aliphatic rings. The number of carbonyl (C=O) groups is 1. The zero-order chi connectivity index (χ0) is 13.2. The number of nitrogens with one attached hydrogen (secondary N) is 1. The van der Waals surface area contributed by atoms with Crippen LogP contribution in [-0.4, -0.2) is 23.2 Å². The molecule has 0 radical (unpaired) electrons. The molecule has 18 heavy (non-hydrogen) atoms. The molecule has 0 aliphatic heterocycles. The summed E-state index contributed by atoms with van der Waals surface area (Å²) in [5, 5.41) is 12.4. The Hall–Kier alpha value is -1.42. The highest BCUT2D eigenvalue weighted by Gasteiger charge is 2.35. The molecule has 1 aromatic rings. The van der Waals surface area contributed by atoms with Crippen LogP contribution in [0, 0.1) is 11.7 Å². The van der Waals surface area contributed by atoms with Crippen molar-refractivity contribution in [1.29, 1.82) is 0 Å². The van der Waals surface area contributed by atoms with E-state index in [0.29, 0.717) is 18.0 Å². The molecule has 0 spiro atoms. The van der Waals surface area contributed by atoms with Crippen LogP contribution in [0.5, 0.6) is 0 Å². The lowest BCUT2D eigenvalue weighted by Crippen LogP contribution is -2.52. The minimum Gasteiger partial charge on any atom is -0.480 e. The standard InChI is InChI=1S/C14H18FNO2/c1-14(13(17)18,16-9-10-6-7-10)8-11-4-2-3-5-12(11)15/h2-5,10,16H,6-9H2,1H3,(H,17,18). The third-order valence-corrected chi connectivity index (χ3v) is 3.45. The van der Waals surface area contributed by atoms with Gasteiger partial charge in [0, 0.05) is 6.42 Å². The number of hydrogen-bond acceptors (Lipinski definition) is 2. The Bertz CT molecular complexity index is 445. The van der Waals surface area contributed by atoms with Crippen molar-refractivity contribution in [2.45, 2.75) is 31.7 Å². The number of benzene rings is 1. The molecule has 0 aromatic heterocycles. The Kier molecular flexibility index (Phi) is 3.66. The van der Waals surface area contributed by atoms with Gasteiger partial charge in [-0.2, -0.15) is 0 Å². The monoisotopic (exact) mass is 251 g/mol. The summed E-state index contributed by atoms with van der Waals surface area (Å²) in [4.78, 5) is 11.4. The maximum Gasteiger partial charge on any atom is 0.323 e. The first-order chi connectivity index (χ1) is 8.51. The quantitative estimate of drug-likeness (QED) is 0.815. The smallest absolute Gasteiger partial charge is 0.323 e. The molecule has 4 heteroatoms. The van der Waals surface area contributed by atoms with Gasteiger partial charge in [-0.15, -0.1) is 0 Å². The van der Waals surface area contributed by atoms with Crippen LogP contribution in [0.25, 0.3) is 0 Å². The van der Waals surface area contributed by atoms with Crippen molar-refractivity contribution in [1.82, 2.24) is 5.32 Å². The molecule has 1 atom stereocenters. The number of carboxylic acid groups (broad SMARTS) is 1. The van der Waals surface area contributed by atoms with Gasteiger partial charge in [0.05, 0.1) is 0 Å². The number of aliphatic carboxylic acids is 1. The Morgan fingerprint density at radius 2 is 2.17 bits per heavy atom. The Labute approximate surface area is 106 Å². The highest BCUT2D eigenvalue weighted by molar-refractivity contribution is 5.78. The van der Waals surface area contributed by atoms with Crippen LogP contribution in [0.2, 0.25) is 0 Å². The van der Waals surface area contributed by atoms with Crippen LogP contribution in [0.15, 0.2) is 24.3 Å². The summed E-state index contributed by atoms with van der Waals surface area (Å²) in [6.07, 6.45) is 2.46. The lowest BCUT2D eigenvalue weighted by atomic mass is 9.92. The highest BCUT2D eigenvalue weighted by Crippen LogP contribution is 2.28. The average molecular weight is 251 g/mol. The summed E-state index contributed by atoms with van der Waals surface area (Å²) in [6, 6.07) is 6.32. The van der Waals surface area contributed by atoms with Crippen LogP contribution in [-0.2, 0) is 11.2 Å². The van der Waals surface area contributed by atoms with Gasteiger partial charge in [-0.1, -0.05) is 18.2 Å². The van der Waals surface area contributed by atoms with Gasteiger partial charge in [0.15, 0.2) is 0 Å². The second kappa shape index (κ2) is 5.06. The van der Waals surface area contributed by atoms with Crippen molar-refractivity contribution in [2.24, 2.45) is 5.92 Å². The molecule has 1 fully saturated rings. The summed E-state index contributed by atoms with van der Waals surface area (Å²) in [5.41, 5.74) is -0.671. The summed E-state index contributed by atoms with van der Waals surface area (Å²) in [5.74, 6) is -0.700. The molecule has 0 bridgehead atoms. The molecule has 1 aromatic carbocycles. The van der Waals surface area contributed by atoms with E-state index in [-0.39, 0.29) is 12.2 Å². The number of hydrogen-bond donors (Lipinski definition) is 2. The van der Waals surface area contributed by atoms with E-state index >= 15 is 0 Å². The average Bonchev–Trinajstić information content (AvgIpc) is 3.13. The van der Waals surface area contributed by atoms with E-state index in [0.717, 1.165) is 12.8 Å². The Balaban J connectivity index is 2.09.